The zero-order valence-corrected chi connectivity index (χ0v) is 19.3. The van der Waals surface area contributed by atoms with Crippen LogP contribution in [0.1, 0.15) is 23.5 Å². The van der Waals surface area contributed by atoms with Crippen LogP contribution in [0.4, 0.5) is 0 Å². The van der Waals surface area contributed by atoms with Crippen molar-refractivity contribution in [2.24, 2.45) is 10.9 Å². The van der Waals surface area contributed by atoms with Crippen LogP contribution in [0.15, 0.2) is 45.3 Å². The maximum absolute atomic E-state index is 11.8. The van der Waals surface area contributed by atoms with E-state index in [0.29, 0.717) is 0 Å². The number of nitrogens with one attached hydrogen (secondary N) is 1. The monoisotopic (exact) mass is 517 g/mol. The first-order valence-electron chi connectivity index (χ1n) is 9.42. The van der Waals surface area contributed by atoms with Crippen molar-refractivity contribution in [2.45, 2.75) is 25.7 Å². The standard InChI is InChI=1S/C20H27N3O3S.HI/c1-25-19(24)16-8-12-23(13-9-16)20(21-10-6-17-4-2-14-26-17)22-11-7-18-5-3-15-27-18;/h2-5,14-16H,6-13H2,1H3,(H,21,22);1H. The number of rotatable bonds is 7. The Morgan fingerprint density at radius 3 is 2.79 bits per heavy atom. The van der Waals surface area contributed by atoms with Gasteiger partial charge in [-0.25, -0.2) is 0 Å². The van der Waals surface area contributed by atoms with E-state index >= 15 is 0 Å². The number of esters is 1. The van der Waals surface area contributed by atoms with Crippen LogP contribution in [-0.2, 0) is 22.4 Å². The molecule has 0 unspecified atom stereocenters. The molecule has 1 N–H and O–H groups in total. The van der Waals surface area contributed by atoms with E-state index in [1.54, 1.807) is 17.6 Å². The summed E-state index contributed by atoms with van der Waals surface area (Å²) in [6.45, 7) is 3.14. The average Bonchev–Trinajstić information content (AvgIpc) is 3.40. The molecule has 0 bridgehead atoms. The third kappa shape index (κ3) is 6.80. The Bertz CT molecular complexity index is 711. The number of carbonyl (C=O) groups excluding carboxylic acids is 1. The van der Waals surface area contributed by atoms with Gasteiger partial charge in [0, 0.05) is 43.9 Å². The van der Waals surface area contributed by atoms with Gasteiger partial charge in [0.05, 0.1) is 19.3 Å². The Kier molecular flexibility index (Phi) is 9.83. The SMILES string of the molecule is COC(=O)C1CCN(C(=NCCc2cccs2)NCCc2ccco2)CC1.I. The van der Waals surface area contributed by atoms with Gasteiger partial charge in [0.25, 0.3) is 0 Å². The maximum atomic E-state index is 11.8. The number of nitrogens with zero attached hydrogens (tertiary/aromatic N) is 2. The molecule has 1 fully saturated rings. The number of furan rings is 1. The summed E-state index contributed by atoms with van der Waals surface area (Å²) in [6.07, 6.45) is 5.06. The van der Waals surface area contributed by atoms with E-state index in [-0.39, 0.29) is 35.9 Å². The van der Waals surface area contributed by atoms with E-state index in [4.69, 9.17) is 14.1 Å². The molecule has 0 aliphatic carbocycles. The second kappa shape index (κ2) is 12.1. The predicted molar refractivity (Wildman–Crippen MR) is 122 cm³/mol. The first-order valence-corrected chi connectivity index (χ1v) is 10.3. The fourth-order valence-corrected chi connectivity index (χ4v) is 3.94. The molecule has 0 radical (unpaired) electrons. The maximum Gasteiger partial charge on any atom is 0.308 e. The number of aliphatic imine (C=N–C) groups is 1. The Morgan fingerprint density at radius 2 is 2.14 bits per heavy atom. The fourth-order valence-electron chi connectivity index (χ4n) is 3.24. The minimum Gasteiger partial charge on any atom is -0.469 e. The van der Waals surface area contributed by atoms with Crippen molar-refractivity contribution in [3.05, 3.63) is 46.5 Å². The van der Waals surface area contributed by atoms with E-state index in [1.165, 1.54) is 12.0 Å². The highest BCUT2D eigenvalue weighted by Gasteiger charge is 2.27. The van der Waals surface area contributed by atoms with Gasteiger partial charge < -0.3 is 19.4 Å². The highest BCUT2D eigenvalue weighted by molar-refractivity contribution is 14.0. The second-order valence-corrected chi connectivity index (χ2v) is 7.61. The van der Waals surface area contributed by atoms with Gasteiger partial charge in [-0.1, -0.05) is 6.07 Å². The molecule has 0 spiro atoms. The third-order valence-electron chi connectivity index (χ3n) is 4.76. The second-order valence-electron chi connectivity index (χ2n) is 6.58. The molecule has 3 heterocycles. The Morgan fingerprint density at radius 1 is 1.32 bits per heavy atom. The van der Waals surface area contributed by atoms with Gasteiger partial charge in [0.15, 0.2) is 5.96 Å². The van der Waals surface area contributed by atoms with Crippen molar-refractivity contribution in [1.82, 2.24) is 10.2 Å². The van der Waals surface area contributed by atoms with Crippen LogP contribution in [0.2, 0.25) is 0 Å². The summed E-state index contributed by atoms with van der Waals surface area (Å²) in [7, 11) is 1.46. The summed E-state index contributed by atoms with van der Waals surface area (Å²) in [4.78, 5) is 20.2. The summed E-state index contributed by atoms with van der Waals surface area (Å²) in [5.74, 6) is 1.78. The number of thiophene rings is 1. The number of piperidine rings is 1. The molecule has 28 heavy (non-hydrogen) atoms. The van der Waals surface area contributed by atoms with Crippen molar-refractivity contribution in [2.75, 3.05) is 33.3 Å². The van der Waals surface area contributed by atoms with Gasteiger partial charge in [-0.05, 0) is 36.4 Å². The Balaban J connectivity index is 0.00000280. The van der Waals surface area contributed by atoms with Gasteiger partial charge >= 0.3 is 5.97 Å². The van der Waals surface area contributed by atoms with Gasteiger partial charge in [0.1, 0.15) is 5.76 Å². The number of methoxy groups -OCH3 is 1. The van der Waals surface area contributed by atoms with E-state index in [1.807, 2.05) is 12.1 Å². The van der Waals surface area contributed by atoms with Crippen LogP contribution in [0, 0.1) is 5.92 Å². The summed E-state index contributed by atoms with van der Waals surface area (Å²) < 4.78 is 10.3. The smallest absolute Gasteiger partial charge is 0.308 e. The number of carbonyl (C=O) groups is 1. The van der Waals surface area contributed by atoms with Crippen molar-refractivity contribution in [3.63, 3.8) is 0 Å². The molecular formula is C20H28IN3O3S. The molecule has 0 saturated carbocycles. The molecule has 0 aromatic carbocycles. The molecule has 1 aliphatic rings. The molecule has 0 amide bonds. The lowest BCUT2D eigenvalue weighted by molar-refractivity contribution is -0.146. The van der Waals surface area contributed by atoms with Crippen LogP contribution in [0.5, 0.6) is 0 Å². The molecule has 2 aromatic heterocycles. The first-order chi connectivity index (χ1) is 13.3. The minimum atomic E-state index is -0.100. The van der Waals surface area contributed by atoms with E-state index in [2.05, 4.69) is 27.7 Å². The minimum absolute atomic E-state index is 0. The van der Waals surface area contributed by atoms with Gasteiger partial charge in [-0.15, -0.1) is 35.3 Å². The van der Waals surface area contributed by atoms with Crippen LogP contribution in [0.25, 0.3) is 0 Å². The Labute approximate surface area is 187 Å². The molecule has 3 rings (SSSR count). The molecule has 1 aliphatic heterocycles. The molecule has 2 aromatic rings. The van der Waals surface area contributed by atoms with Crippen LogP contribution in [0.3, 0.4) is 0 Å². The van der Waals surface area contributed by atoms with Crippen molar-refractivity contribution in [1.29, 1.82) is 0 Å². The summed E-state index contributed by atoms with van der Waals surface area (Å²) in [5.41, 5.74) is 0. The van der Waals surface area contributed by atoms with E-state index in [9.17, 15) is 4.79 Å². The zero-order chi connectivity index (χ0) is 18.9. The van der Waals surface area contributed by atoms with Gasteiger partial charge in [-0.2, -0.15) is 0 Å². The lowest BCUT2D eigenvalue weighted by atomic mass is 9.97. The molecule has 8 heteroatoms. The number of guanidine groups is 1. The van der Waals surface area contributed by atoms with Gasteiger partial charge in [-0.3, -0.25) is 9.79 Å². The van der Waals surface area contributed by atoms with Gasteiger partial charge in [0.2, 0.25) is 0 Å². The number of hydrogen-bond donors (Lipinski definition) is 1. The lowest BCUT2D eigenvalue weighted by Crippen LogP contribution is -2.47. The van der Waals surface area contributed by atoms with Crippen molar-refractivity contribution < 1.29 is 13.9 Å². The topological polar surface area (TPSA) is 67.1 Å². The van der Waals surface area contributed by atoms with Crippen molar-refractivity contribution >= 4 is 47.2 Å². The largest absolute Gasteiger partial charge is 0.469 e. The first kappa shape index (κ1) is 22.7. The van der Waals surface area contributed by atoms with E-state index in [0.717, 1.165) is 63.6 Å². The predicted octanol–water partition coefficient (Wildman–Crippen LogP) is 3.57. The molecule has 154 valence electrons. The van der Waals surface area contributed by atoms with Crippen molar-refractivity contribution in [3.8, 4) is 0 Å². The quantitative estimate of drug-likeness (QED) is 0.263. The molecule has 0 atom stereocenters. The number of likely N-dealkylation sites (tertiary alicyclic amines) is 1. The van der Waals surface area contributed by atoms with Crippen LogP contribution < -0.4 is 5.32 Å². The summed E-state index contributed by atoms with van der Waals surface area (Å²) >= 11 is 1.77. The van der Waals surface area contributed by atoms with Crippen LogP contribution in [-0.4, -0.2) is 50.1 Å². The summed E-state index contributed by atoms with van der Waals surface area (Å²) in [5, 5.41) is 5.57. The molecular weight excluding hydrogens is 489 g/mol. The Hall–Kier alpha value is -1.55. The zero-order valence-electron chi connectivity index (χ0n) is 16.1. The van der Waals surface area contributed by atoms with E-state index < -0.39 is 0 Å². The van der Waals surface area contributed by atoms with Crippen LogP contribution >= 0.6 is 35.3 Å². The lowest BCUT2D eigenvalue weighted by Gasteiger charge is -2.33. The third-order valence-corrected chi connectivity index (χ3v) is 5.70. The number of ether oxygens (including phenoxy) is 1. The molecule has 6 nitrogen and oxygen atoms in total. The summed E-state index contributed by atoms with van der Waals surface area (Å²) in [6, 6.07) is 8.11. The number of hydrogen-bond acceptors (Lipinski definition) is 5. The average molecular weight is 517 g/mol. The normalized spacial score (nSPS) is 15.2. The molecule has 1 saturated heterocycles. The number of halogens is 1. The highest BCUT2D eigenvalue weighted by atomic mass is 127. The fraction of sp³-hybridized carbons (Fsp3) is 0.500. The highest BCUT2D eigenvalue weighted by Crippen LogP contribution is 2.18.